The Balaban J connectivity index is 1.98. The number of benzene rings is 1. The summed E-state index contributed by atoms with van der Waals surface area (Å²) >= 11 is 1.56. The number of hydrogen-bond donors (Lipinski definition) is 1. The van der Waals surface area contributed by atoms with Crippen LogP contribution in [0.3, 0.4) is 0 Å². The summed E-state index contributed by atoms with van der Waals surface area (Å²) < 4.78 is 0. The second-order valence-corrected chi connectivity index (χ2v) is 5.08. The third kappa shape index (κ3) is 2.12. The van der Waals surface area contributed by atoms with Gasteiger partial charge in [0.2, 0.25) is 0 Å². The average Bonchev–Trinajstić information content (AvgIpc) is 2.91. The monoisotopic (exact) mass is 256 g/mol. The molecule has 0 saturated heterocycles. The van der Waals surface area contributed by atoms with Crippen molar-refractivity contribution in [3.8, 4) is 0 Å². The van der Waals surface area contributed by atoms with E-state index in [0.717, 1.165) is 21.3 Å². The largest absolute Gasteiger partial charge is 0.388 e. The Labute approximate surface area is 109 Å². The lowest BCUT2D eigenvalue weighted by Gasteiger charge is -2.12. The SMILES string of the molecule is OC(Cc1cncs1)c1cccc2ncccc12. The van der Waals surface area contributed by atoms with Gasteiger partial charge in [-0.2, -0.15) is 0 Å². The lowest BCUT2D eigenvalue weighted by molar-refractivity contribution is 0.181. The van der Waals surface area contributed by atoms with Crippen LogP contribution in [0, 0.1) is 0 Å². The van der Waals surface area contributed by atoms with Crippen molar-refractivity contribution in [2.75, 3.05) is 0 Å². The minimum atomic E-state index is -0.515. The van der Waals surface area contributed by atoms with Crippen molar-refractivity contribution in [2.24, 2.45) is 0 Å². The van der Waals surface area contributed by atoms with Crippen LogP contribution in [0.1, 0.15) is 16.5 Å². The van der Waals surface area contributed by atoms with Crippen LogP contribution in [-0.4, -0.2) is 15.1 Å². The molecular weight excluding hydrogens is 244 g/mol. The van der Waals surface area contributed by atoms with Crippen LogP contribution in [0.15, 0.2) is 48.2 Å². The van der Waals surface area contributed by atoms with E-state index in [-0.39, 0.29) is 0 Å². The quantitative estimate of drug-likeness (QED) is 0.783. The highest BCUT2D eigenvalue weighted by atomic mass is 32.1. The fourth-order valence-corrected chi connectivity index (χ4v) is 2.69. The first kappa shape index (κ1) is 11.3. The van der Waals surface area contributed by atoms with Gasteiger partial charge in [0.15, 0.2) is 0 Å². The van der Waals surface area contributed by atoms with Gasteiger partial charge < -0.3 is 5.11 Å². The predicted molar refractivity (Wildman–Crippen MR) is 72.5 cm³/mol. The van der Waals surface area contributed by atoms with Crippen LogP contribution in [0.4, 0.5) is 0 Å². The Hall–Kier alpha value is -1.78. The van der Waals surface area contributed by atoms with Crippen molar-refractivity contribution in [3.05, 3.63) is 58.7 Å². The van der Waals surface area contributed by atoms with E-state index in [9.17, 15) is 5.11 Å². The van der Waals surface area contributed by atoms with Gasteiger partial charge in [0.05, 0.1) is 17.1 Å². The van der Waals surface area contributed by atoms with Gasteiger partial charge in [-0.1, -0.05) is 18.2 Å². The topological polar surface area (TPSA) is 46.0 Å². The molecule has 0 bridgehead atoms. The van der Waals surface area contributed by atoms with Gasteiger partial charge in [-0.3, -0.25) is 9.97 Å². The summed E-state index contributed by atoms with van der Waals surface area (Å²) in [5.74, 6) is 0. The summed E-state index contributed by atoms with van der Waals surface area (Å²) in [7, 11) is 0. The van der Waals surface area contributed by atoms with E-state index in [1.807, 2.05) is 30.3 Å². The zero-order valence-corrected chi connectivity index (χ0v) is 10.5. The number of nitrogens with zero attached hydrogens (tertiary/aromatic N) is 2. The van der Waals surface area contributed by atoms with Crippen molar-refractivity contribution in [2.45, 2.75) is 12.5 Å². The number of rotatable bonds is 3. The van der Waals surface area contributed by atoms with Gasteiger partial charge >= 0.3 is 0 Å². The van der Waals surface area contributed by atoms with E-state index < -0.39 is 6.10 Å². The minimum absolute atomic E-state index is 0.515. The predicted octanol–water partition coefficient (Wildman–Crippen LogP) is 2.97. The third-order valence-electron chi connectivity index (χ3n) is 2.92. The van der Waals surface area contributed by atoms with Crippen molar-refractivity contribution < 1.29 is 5.11 Å². The molecule has 0 fully saturated rings. The maximum absolute atomic E-state index is 10.3. The summed E-state index contributed by atoms with van der Waals surface area (Å²) in [5, 5.41) is 11.4. The lowest BCUT2D eigenvalue weighted by Crippen LogP contribution is -2.01. The second-order valence-electron chi connectivity index (χ2n) is 4.10. The second kappa shape index (κ2) is 4.84. The Bertz CT molecular complexity index is 646. The highest BCUT2D eigenvalue weighted by Crippen LogP contribution is 2.26. The molecule has 0 amide bonds. The average molecular weight is 256 g/mol. The molecule has 4 heteroatoms. The summed E-state index contributed by atoms with van der Waals surface area (Å²) in [6.45, 7) is 0. The number of aliphatic hydroxyl groups excluding tert-OH is 1. The van der Waals surface area contributed by atoms with Crippen LogP contribution in [-0.2, 0) is 6.42 Å². The molecule has 18 heavy (non-hydrogen) atoms. The zero-order valence-electron chi connectivity index (χ0n) is 9.65. The summed E-state index contributed by atoms with van der Waals surface area (Å²) in [4.78, 5) is 9.41. The van der Waals surface area contributed by atoms with E-state index in [1.165, 1.54) is 0 Å². The fraction of sp³-hybridized carbons (Fsp3) is 0.143. The van der Waals surface area contributed by atoms with Crippen molar-refractivity contribution in [1.29, 1.82) is 0 Å². The van der Waals surface area contributed by atoms with E-state index in [0.29, 0.717) is 6.42 Å². The molecule has 0 aliphatic carbocycles. The first-order valence-electron chi connectivity index (χ1n) is 5.73. The first-order valence-corrected chi connectivity index (χ1v) is 6.61. The Kier molecular flexibility index (Phi) is 3.04. The first-order chi connectivity index (χ1) is 8.84. The summed E-state index contributed by atoms with van der Waals surface area (Å²) in [6.07, 6.45) is 3.65. The van der Waals surface area contributed by atoms with Gasteiger partial charge in [0.1, 0.15) is 0 Å². The molecule has 0 aliphatic heterocycles. The van der Waals surface area contributed by atoms with Gasteiger partial charge in [0, 0.05) is 29.1 Å². The molecule has 3 nitrogen and oxygen atoms in total. The van der Waals surface area contributed by atoms with Crippen molar-refractivity contribution in [1.82, 2.24) is 9.97 Å². The van der Waals surface area contributed by atoms with Crippen LogP contribution in [0.5, 0.6) is 0 Å². The number of thiazole rings is 1. The van der Waals surface area contributed by atoms with Crippen LogP contribution in [0.25, 0.3) is 10.9 Å². The third-order valence-corrected chi connectivity index (χ3v) is 3.72. The van der Waals surface area contributed by atoms with Crippen LogP contribution >= 0.6 is 11.3 Å². The maximum atomic E-state index is 10.3. The molecule has 1 N–H and O–H groups in total. The molecule has 3 rings (SSSR count). The molecule has 90 valence electrons. The molecule has 1 aromatic carbocycles. The lowest BCUT2D eigenvalue weighted by atomic mass is 10.0. The fourth-order valence-electron chi connectivity index (χ4n) is 2.06. The van der Waals surface area contributed by atoms with E-state index in [4.69, 9.17) is 0 Å². The summed E-state index contributed by atoms with van der Waals surface area (Å²) in [6, 6.07) is 9.73. The molecule has 0 aliphatic rings. The standard InChI is InChI=1S/C14H12N2OS/c17-14(7-10-8-15-9-18-10)12-3-1-5-13-11(12)4-2-6-16-13/h1-6,8-9,14,17H,7H2. The molecule has 3 aromatic rings. The van der Waals surface area contributed by atoms with Gasteiger partial charge in [0.25, 0.3) is 0 Å². The molecule has 0 spiro atoms. The van der Waals surface area contributed by atoms with Gasteiger partial charge in [-0.05, 0) is 17.7 Å². The molecule has 2 heterocycles. The smallest absolute Gasteiger partial charge is 0.0845 e. The Morgan fingerprint density at radius 3 is 3.00 bits per heavy atom. The van der Waals surface area contributed by atoms with Crippen LogP contribution < -0.4 is 0 Å². The molecule has 2 aromatic heterocycles. The summed E-state index contributed by atoms with van der Waals surface area (Å²) in [5.41, 5.74) is 3.62. The Morgan fingerprint density at radius 2 is 2.17 bits per heavy atom. The maximum Gasteiger partial charge on any atom is 0.0845 e. The number of aliphatic hydroxyl groups is 1. The van der Waals surface area contributed by atoms with E-state index >= 15 is 0 Å². The minimum Gasteiger partial charge on any atom is -0.388 e. The highest BCUT2D eigenvalue weighted by molar-refractivity contribution is 7.09. The van der Waals surface area contributed by atoms with E-state index in [2.05, 4.69) is 9.97 Å². The Morgan fingerprint density at radius 1 is 1.22 bits per heavy atom. The van der Waals surface area contributed by atoms with Crippen molar-refractivity contribution in [3.63, 3.8) is 0 Å². The molecule has 0 radical (unpaired) electrons. The zero-order chi connectivity index (χ0) is 12.4. The molecule has 1 atom stereocenters. The number of pyridine rings is 1. The van der Waals surface area contributed by atoms with Crippen LogP contribution in [0.2, 0.25) is 0 Å². The number of hydrogen-bond acceptors (Lipinski definition) is 4. The molecule has 0 saturated carbocycles. The normalized spacial score (nSPS) is 12.7. The molecule has 1 unspecified atom stereocenters. The number of fused-ring (bicyclic) bond motifs is 1. The van der Waals surface area contributed by atoms with E-state index in [1.54, 1.807) is 29.2 Å². The van der Waals surface area contributed by atoms with Gasteiger partial charge in [-0.25, -0.2) is 0 Å². The molecular formula is C14H12N2OS. The van der Waals surface area contributed by atoms with Gasteiger partial charge in [-0.15, -0.1) is 11.3 Å². The highest BCUT2D eigenvalue weighted by Gasteiger charge is 2.12. The van der Waals surface area contributed by atoms with Crippen molar-refractivity contribution >= 4 is 22.2 Å². The number of aromatic nitrogens is 2.